The largest absolute Gasteiger partial charge is 0.495 e. The van der Waals surface area contributed by atoms with Crippen LogP contribution in [0.5, 0.6) is 11.5 Å². The highest BCUT2D eigenvalue weighted by Gasteiger charge is 2.16. The van der Waals surface area contributed by atoms with Gasteiger partial charge in [-0.05, 0) is 12.0 Å². The monoisotopic (exact) mass is 280 g/mol. The summed E-state index contributed by atoms with van der Waals surface area (Å²) < 4.78 is 11.5. The molecule has 0 saturated carbocycles. The second kappa shape index (κ2) is 5.65. The molecule has 0 amide bonds. The molecule has 2 nitrogen and oxygen atoms in total. The van der Waals surface area contributed by atoms with Gasteiger partial charge in [0, 0.05) is 21.5 Å². The van der Waals surface area contributed by atoms with Crippen molar-refractivity contribution in [1.29, 1.82) is 0 Å². The number of aryl methyl sites for hydroxylation is 1. The molecule has 3 rings (SSSR count). The molecular formula is C19H20O2. The Morgan fingerprint density at radius 3 is 2.00 bits per heavy atom. The first-order valence-corrected chi connectivity index (χ1v) is 7.36. The van der Waals surface area contributed by atoms with Gasteiger partial charge in [-0.1, -0.05) is 55.8 Å². The second-order valence-corrected chi connectivity index (χ2v) is 5.20. The minimum atomic E-state index is 0.930. The fraction of sp³-hybridized carbons (Fsp3) is 0.263. The predicted octanol–water partition coefficient (Wildman–Crippen LogP) is 4.96. The Hall–Kier alpha value is -2.22. The van der Waals surface area contributed by atoms with Gasteiger partial charge < -0.3 is 9.47 Å². The zero-order valence-corrected chi connectivity index (χ0v) is 12.8. The molecule has 0 N–H and O–H groups in total. The van der Waals surface area contributed by atoms with E-state index in [4.69, 9.17) is 9.47 Å². The van der Waals surface area contributed by atoms with Gasteiger partial charge in [-0.15, -0.1) is 0 Å². The molecule has 0 bridgehead atoms. The zero-order valence-electron chi connectivity index (χ0n) is 12.8. The SMILES string of the molecule is CCCc1cccc2c(OC)c3ccccc3c(OC)c12. The van der Waals surface area contributed by atoms with Crippen LogP contribution in [0.1, 0.15) is 18.9 Å². The smallest absolute Gasteiger partial charge is 0.135 e. The molecule has 108 valence electrons. The quantitative estimate of drug-likeness (QED) is 0.629. The number of hydrogen-bond donors (Lipinski definition) is 0. The third-order valence-corrected chi connectivity index (χ3v) is 3.97. The number of ether oxygens (including phenoxy) is 2. The molecule has 0 radical (unpaired) electrons. The van der Waals surface area contributed by atoms with E-state index in [1.165, 1.54) is 10.9 Å². The average Bonchev–Trinajstić information content (AvgIpc) is 2.53. The molecule has 0 fully saturated rings. The lowest BCUT2D eigenvalue weighted by atomic mass is 9.95. The van der Waals surface area contributed by atoms with Gasteiger partial charge in [0.25, 0.3) is 0 Å². The van der Waals surface area contributed by atoms with Crippen molar-refractivity contribution in [2.24, 2.45) is 0 Å². The van der Waals surface area contributed by atoms with E-state index in [1.807, 2.05) is 12.1 Å². The lowest BCUT2D eigenvalue weighted by molar-refractivity contribution is 0.417. The van der Waals surface area contributed by atoms with E-state index < -0.39 is 0 Å². The highest BCUT2D eigenvalue weighted by atomic mass is 16.5. The molecule has 0 aliphatic rings. The maximum Gasteiger partial charge on any atom is 0.135 e. The standard InChI is InChI=1S/C19H20O2/c1-4-8-13-9-7-12-16-17(13)19(21-3)15-11-6-5-10-14(15)18(16)20-2/h5-7,9-12H,4,8H2,1-3H3. The van der Waals surface area contributed by atoms with E-state index in [0.29, 0.717) is 0 Å². The van der Waals surface area contributed by atoms with Crippen LogP contribution < -0.4 is 9.47 Å². The van der Waals surface area contributed by atoms with Gasteiger partial charge >= 0.3 is 0 Å². The van der Waals surface area contributed by atoms with Crippen LogP contribution in [0, 0.1) is 0 Å². The van der Waals surface area contributed by atoms with E-state index in [0.717, 1.165) is 40.5 Å². The van der Waals surface area contributed by atoms with E-state index in [2.05, 4.69) is 37.3 Å². The summed E-state index contributed by atoms with van der Waals surface area (Å²) in [4.78, 5) is 0. The third kappa shape index (κ3) is 2.11. The molecule has 2 heteroatoms. The molecule has 3 aromatic carbocycles. The van der Waals surface area contributed by atoms with Crippen molar-refractivity contribution in [2.45, 2.75) is 19.8 Å². The van der Waals surface area contributed by atoms with Crippen LogP contribution in [0.15, 0.2) is 42.5 Å². The fourth-order valence-electron chi connectivity index (χ4n) is 3.13. The Morgan fingerprint density at radius 1 is 0.762 bits per heavy atom. The maximum atomic E-state index is 5.77. The first-order valence-electron chi connectivity index (χ1n) is 7.36. The van der Waals surface area contributed by atoms with E-state index in [1.54, 1.807) is 14.2 Å². The van der Waals surface area contributed by atoms with Crippen LogP contribution in [0.4, 0.5) is 0 Å². The molecule has 0 unspecified atom stereocenters. The summed E-state index contributed by atoms with van der Waals surface area (Å²) in [6.45, 7) is 2.20. The number of rotatable bonds is 4. The first kappa shape index (κ1) is 13.7. The third-order valence-electron chi connectivity index (χ3n) is 3.97. The Kier molecular flexibility index (Phi) is 3.70. The summed E-state index contributed by atoms with van der Waals surface area (Å²) in [5.41, 5.74) is 1.32. The molecule has 0 heterocycles. The van der Waals surface area contributed by atoms with Gasteiger partial charge in [0.15, 0.2) is 0 Å². The van der Waals surface area contributed by atoms with Gasteiger partial charge in [0.05, 0.1) is 14.2 Å². The van der Waals surface area contributed by atoms with Crippen molar-refractivity contribution in [3.8, 4) is 11.5 Å². The minimum Gasteiger partial charge on any atom is -0.495 e. The summed E-state index contributed by atoms with van der Waals surface area (Å²) in [7, 11) is 3.48. The summed E-state index contributed by atoms with van der Waals surface area (Å²) >= 11 is 0. The van der Waals surface area contributed by atoms with Crippen LogP contribution in [0.3, 0.4) is 0 Å². The van der Waals surface area contributed by atoms with E-state index >= 15 is 0 Å². The molecule has 0 aliphatic carbocycles. The molecule has 0 aromatic heterocycles. The predicted molar refractivity (Wildman–Crippen MR) is 88.6 cm³/mol. The van der Waals surface area contributed by atoms with Gasteiger partial charge in [0.2, 0.25) is 0 Å². The van der Waals surface area contributed by atoms with Crippen LogP contribution in [-0.2, 0) is 6.42 Å². The van der Waals surface area contributed by atoms with Crippen molar-refractivity contribution in [3.63, 3.8) is 0 Å². The second-order valence-electron chi connectivity index (χ2n) is 5.20. The highest BCUT2D eigenvalue weighted by molar-refractivity contribution is 6.12. The number of benzene rings is 3. The van der Waals surface area contributed by atoms with Crippen LogP contribution in [0.25, 0.3) is 21.5 Å². The Balaban J connectivity index is 2.54. The molecule has 3 aromatic rings. The van der Waals surface area contributed by atoms with Crippen LogP contribution >= 0.6 is 0 Å². The fourth-order valence-corrected chi connectivity index (χ4v) is 3.13. The lowest BCUT2D eigenvalue weighted by Crippen LogP contribution is -1.96. The summed E-state index contributed by atoms with van der Waals surface area (Å²) in [5, 5.41) is 4.50. The molecule has 0 spiro atoms. The van der Waals surface area contributed by atoms with Crippen molar-refractivity contribution in [2.75, 3.05) is 14.2 Å². The van der Waals surface area contributed by atoms with Gasteiger partial charge in [0.1, 0.15) is 11.5 Å². The highest BCUT2D eigenvalue weighted by Crippen LogP contribution is 2.43. The normalized spacial score (nSPS) is 11.0. The Labute approximate surface area is 125 Å². The average molecular weight is 280 g/mol. The van der Waals surface area contributed by atoms with Crippen LogP contribution in [0.2, 0.25) is 0 Å². The van der Waals surface area contributed by atoms with Gasteiger partial charge in [-0.25, -0.2) is 0 Å². The lowest BCUT2D eigenvalue weighted by Gasteiger charge is -2.17. The number of fused-ring (bicyclic) bond motifs is 2. The summed E-state index contributed by atoms with van der Waals surface area (Å²) in [6.07, 6.45) is 2.15. The number of methoxy groups -OCH3 is 2. The Morgan fingerprint density at radius 2 is 1.38 bits per heavy atom. The molecular weight excluding hydrogens is 260 g/mol. The maximum absolute atomic E-state index is 5.77. The van der Waals surface area contributed by atoms with E-state index in [-0.39, 0.29) is 0 Å². The topological polar surface area (TPSA) is 18.5 Å². The number of hydrogen-bond acceptors (Lipinski definition) is 2. The van der Waals surface area contributed by atoms with E-state index in [9.17, 15) is 0 Å². The summed E-state index contributed by atoms with van der Waals surface area (Å²) in [5.74, 6) is 1.88. The first-order chi connectivity index (χ1) is 10.3. The van der Waals surface area contributed by atoms with Gasteiger partial charge in [-0.3, -0.25) is 0 Å². The zero-order chi connectivity index (χ0) is 14.8. The summed E-state index contributed by atoms with van der Waals surface area (Å²) in [6, 6.07) is 14.7. The minimum absolute atomic E-state index is 0.930. The van der Waals surface area contributed by atoms with Gasteiger partial charge in [-0.2, -0.15) is 0 Å². The molecule has 21 heavy (non-hydrogen) atoms. The Bertz CT molecular complexity index is 790. The molecule has 0 atom stereocenters. The van der Waals surface area contributed by atoms with Crippen molar-refractivity contribution < 1.29 is 9.47 Å². The molecule has 0 aliphatic heterocycles. The van der Waals surface area contributed by atoms with Crippen molar-refractivity contribution in [1.82, 2.24) is 0 Å². The van der Waals surface area contributed by atoms with Crippen LogP contribution in [-0.4, -0.2) is 14.2 Å². The van der Waals surface area contributed by atoms with Crippen molar-refractivity contribution >= 4 is 21.5 Å². The van der Waals surface area contributed by atoms with Crippen molar-refractivity contribution in [3.05, 3.63) is 48.0 Å². The molecule has 0 saturated heterocycles.